The number of rotatable bonds is 4. The van der Waals surface area contributed by atoms with Gasteiger partial charge in [-0.1, -0.05) is 6.07 Å². The minimum absolute atomic E-state index is 0.327. The van der Waals surface area contributed by atoms with Gasteiger partial charge in [0.15, 0.2) is 0 Å². The van der Waals surface area contributed by atoms with Crippen LogP contribution in [-0.2, 0) is 13.0 Å². The van der Waals surface area contributed by atoms with E-state index in [0.717, 1.165) is 24.2 Å². The molecule has 3 nitrogen and oxygen atoms in total. The second-order valence-corrected chi connectivity index (χ2v) is 5.39. The van der Waals surface area contributed by atoms with Crippen LogP contribution in [-0.4, -0.2) is 12.0 Å². The number of ether oxygens (including phenoxy) is 1. The number of nitrogens with one attached hydrogen (secondary N) is 1. The third kappa shape index (κ3) is 3.22. The van der Waals surface area contributed by atoms with E-state index in [2.05, 4.69) is 22.4 Å². The molecule has 3 rings (SSSR count). The fourth-order valence-electron chi connectivity index (χ4n) is 2.87. The average Bonchev–Trinajstić information content (AvgIpc) is 2.52. The van der Waals surface area contributed by atoms with Gasteiger partial charge in [-0.05, 0) is 55.6 Å². The third-order valence-corrected chi connectivity index (χ3v) is 3.95. The first-order valence-corrected chi connectivity index (χ1v) is 7.28. The van der Waals surface area contributed by atoms with Crippen LogP contribution in [0, 0.1) is 5.82 Å². The summed E-state index contributed by atoms with van der Waals surface area (Å²) in [6.07, 6.45) is 6.31. The highest BCUT2D eigenvalue weighted by molar-refractivity contribution is 5.39. The van der Waals surface area contributed by atoms with Crippen molar-refractivity contribution in [3.63, 3.8) is 0 Å². The van der Waals surface area contributed by atoms with Crippen LogP contribution >= 0.6 is 0 Å². The second-order valence-electron chi connectivity index (χ2n) is 5.39. The molecule has 0 spiro atoms. The second kappa shape index (κ2) is 6.22. The zero-order valence-corrected chi connectivity index (χ0v) is 12.1. The molecule has 21 heavy (non-hydrogen) atoms. The molecule has 1 aromatic heterocycles. The number of benzene rings is 1. The van der Waals surface area contributed by atoms with E-state index in [1.807, 2.05) is 13.1 Å². The number of aromatic nitrogens is 1. The molecule has 1 heterocycles. The normalized spacial score (nSPS) is 17.3. The number of pyridine rings is 1. The van der Waals surface area contributed by atoms with E-state index < -0.39 is 0 Å². The Labute approximate surface area is 124 Å². The molecule has 1 aliphatic rings. The number of aryl methyl sites for hydroxylation is 1. The van der Waals surface area contributed by atoms with Crippen LogP contribution in [0.2, 0.25) is 0 Å². The van der Waals surface area contributed by atoms with Gasteiger partial charge in [-0.25, -0.2) is 4.39 Å². The summed E-state index contributed by atoms with van der Waals surface area (Å²) in [6, 6.07) is 8.07. The standard InChI is InChI=1S/C17H19FN2O/c1-19-17-4-2-3-13-5-6-15(8-16(13)17)21-11-12-7-14(18)10-20-9-12/h5-10,17,19H,2-4,11H2,1H3. The Morgan fingerprint density at radius 3 is 3.05 bits per heavy atom. The fraction of sp³-hybridized carbons (Fsp3) is 0.353. The van der Waals surface area contributed by atoms with Crippen LogP contribution in [0.1, 0.15) is 35.6 Å². The molecule has 4 heteroatoms. The Morgan fingerprint density at radius 2 is 2.24 bits per heavy atom. The van der Waals surface area contributed by atoms with Crippen LogP contribution < -0.4 is 10.1 Å². The van der Waals surface area contributed by atoms with Crippen molar-refractivity contribution in [1.29, 1.82) is 0 Å². The van der Waals surface area contributed by atoms with E-state index in [0.29, 0.717) is 12.6 Å². The smallest absolute Gasteiger partial charge is 0.141 e. The topological polar surface area (TPSA) is 34.1 Å². The largest absolute Gasteiger partial charge is 0.489 e. The molecule has 1 unspecified atom stereocenters. The molecule has 1 aromatic carbocycles. The highest BCUT2D eigenvalue weighted by Gasteiger charge is 2.19. The first kappa shape index (κ1) is 14.0. The van der Waals surface area contributed by atoms with E-state index in [9.17, 15) is 4.39 Å². The van der Waals surface area contributed by atoms with Crippen LogP contribution in [0.25, 0.3) is 0 Å². The summed E-state index contributed by atoms with van der Waals surface area (Å²) in [5.41, 5.74) is 3.44. The van der Waals surface area contributed by atoms with Gasteiger partial charge in [0.2, 0.25) is 0 Å². The maximum absolute atomic E-state index is 13.1. The third-order valence-electron chi connectivity index (χ3n) is 3.95. The molecule has 1 atom stereocenters. The summed E-state index contributed by atoms with van der Waals surface area (Å²) >= 11 is 0. The van der Waals surface area contributed by atoms with Crippen molar-refractivity contribution in [1.82, 2.24) is 10.3 Å². The zero-order valence-electron chi connectivity index (χ0n) is 12.1. The summed E-state index contributed by atoms with van der Waals surface area (Å²) in [6.45, 7) is 0.327. The highest BCUT2D eigenvalue weighted by Crippen LogP contribution is 2.32. The van der Waals surface area contributed by atoms with Gasteiger partial charge in [0.25, 0.3) is 0 Å². The Hall–Kier alpha value is -1.94. The lowest BCUT2D eigenvalue weighted by molar-refractivity contribution is 0.304. The Balaban J connectivity index is 1.74. The summed E-state index contributed by atoms with van der Waals surface area (Å²) in [7, 11) is 1.99. The van der Waals surface area contributed by atoms with Crippen LogP contribution in [0.3, 0.4) is 0 Å². The Kier molecular flexibility index (Phi) is 4.15. The van der Waals surface area contributed by atoms with Crippen molar-refractivity contribution < 1.29 is 9.13 Å². The highest BCUT2D eigenvalue weighted by atomic mass is 19.1. The van der Waals surface area contributed by atoms with Crippen molar-refractivity contribution >= 4 is 0 Å². The van der Waals surface area contributed by atoms with Gasteiger partial charge in [0.05, 0.1) is 6.20 Å². The summed E-state index contributed by atoms with van der Waals surface area (Å²) in [5.74, 6) is 0.483. The van der Waals surface area contributed by atoms with Crippen molar-refractivity contribution in [3.8, 4) is 5.75 Å². The lowest BCUT2D eigenvalue weighted by Crippen LogP contribution is -2.21. The molecule has 0 saturated heterocycles. The minimum atomic E-state index is -0.336. The maximum Gasteiger partial charge on any atom is 0.141 e. The molecular weight excluding hydrogens is 267 g/mol. The van der Waals surface area contributed by atoms with E-state index >= 15 is 0 Å². The van der Waals surface area contributed by atoms with Crippen molar-refractivity contribution in [2.24, 2.45) is 0 Å². The van der Waals surface area contributed by atoms with Crippen molar-refractivity contribution in [3.05, 3.63) is 59.2 Å². The van der Waals surface area contributed by atoms with E-state index in [4.69, 9.17) is 4.74 Å². The first-order chi connectivity index (χ1) is 10.3. The number of fused-ring (bicyclic) bond motifs is 1. The summed E-state index contributed by atoms with van der Waals surface area (Å²) in [5, 5.41) is 3.35. The molecule has 0 aliphatic heterocycles. The molecule has 1 N–H and O–H groups in total. The quantitative estimate of drug-likeness (QED) is 0.935. The Bertz CT molecular complexity index is 630. The number of hydrogen-bond donors (Lipinski definition) is 1. The van der Waals surface area contributed by atoms with Gasteiger partial charge in [-0.15, -0.1) is 0 Å². The van der Waals surface area contributed by atoms with Crippen LogP contribution in [0.4, 0.5) is 4.39 Å². The molecule has 1 aliphatic carbocycles. The minimum Gasteiger partial charge on any atom is -0.489 e. The zero-order chi connectivity index (χ0) is 14.7. The lowest BCUT2D eigenvalue weighted by atomic mass is 9.87. The molecule has 0 radical (unpaired) electrons. The molecule has 0 saturated carbocycles. The van der Waals surface area contributed by atoms with Gasteiger partial charge in [-0.3, -0.25) is 4.98 Å². The number of halogens is 1. The van der Waals surface area contributed by atoms with E-state index in [-0.39, 0.29) is 5.82 Å². The lowest BCUT2D eigenvalue weighted by Gasteiger charge is -2.25. The summed E-state index contributed by atoms with van der Waals surface area (Å²) in [4.78, 5) is 3.83. The monoisotopic (exact) mass is 286 g/mol. The van der Waals surface area contributed by atoms with Gasteiger partial charge < -0.3 is 10.1 Å². The van der Waals surface area contributed by atoms with Crippen molar-refractivity contribution in [2.75, 3.05) is 7.05 Å². The SMILES string of the molecule is CNC1CCCc2ccc(OCc3cncc(F)c3)cc21. The van der Waals surface area contributed by atoms with E-state index in [1.165, 1.54) is 29.8 Å². The molecule has 2 aromatic rings. The molecule has 0 fully saturated rings. The fourth-order valence-corrected chi connectivity index (χ4v) is 2.87. The Morgan fingerprint density at radius 1 is 1.33 bits per heavy atom. The molecular formula is C17H19FN2O. The summed E-state index contributed by atoms with van der Waals surface area (Å²) < 4.78 is 18.9. The molecule has 0 amide bonds. The van der Waals surface area contributed by atoms with Gasteiger partial charge in [0, 0.05) is 17.8 Å². The average molecular weight is 286 g/mol. The predicted molar refractivity (Wildman–Crippen MR) is 79.7 cm³/mol. The maximum atomic E-state index is 13.1. The van der Waals surface area contributed by atoms with Crippen LogP contribution in [0.15, 0.2) is 36.7 Å². The van der Waals surface area contributed by atoms with Gasteiger partial charge in [0.1, 0.15) is 18.2 Å². The number of hydrogen-bond acceptors (Lipinski definition) is 3. The van der Waals surface area contributed by atoms with Crippen molar-refractivity contribution in [2.45, 2.75) is 31.9 Å². The number of nitrogens with zero attached hydrogens (tertiary/aromatic N) is 1. The van der Waals surface area contributed by atoms with Crippen LogP contribution in [0.5, 0.6) is 5.75 Å². The molecule has 0 bridgehead atoms. The predicted octanol–water partition coefficient (Wildman–Crippen LogP) is 3.40. The van der Waals surface area contributed by atoms with Gasteiger partial charge in [-0.2, -0.15) is 0 Å². The van der Waals surface area contributed by atoms with Gasteiger partial charge >= 0.3 is 0 Å². The van der Waals surface area contributed by atoms with E-state index in [1.54, 1.807) is 6.20 Å². The molecule has 110 valence electrons. The first-order valence-electron chi connectivity index (χ1n) is 7.28.